The van der Waals surface area contributed by atoms with Crippen molar-refractivity contribution in [3.8, 4) is 0 Å². The van der Waals surface area contributed by atoms with Gasteiger partial charge in [0.25, 0.3) is 5.91 Å². The van der Waals surface area contributed by atoms with Gasteiger partial charge in [-0.05, 0) is 54.8 Å². The van der Waals surface area contributed by atoms with E-state index in [0.29, 0.717) is 32.5 Å². The van der Waals surface area contributed by atoms with Crippen LogP contribution in [0.4, 0.5) is 4.79 Å². The second-order valence-electron chi connectivity index (χ2n) is 9.41. The molecule has 1 aromatic carbocycles. The summed E-state index contributed by atoms with van der Waals surface area (Å²) in [6.07, 6.45) is 6.43. The minimum atomic E-state index is -0.749. The summed E-state index contributed by atoms with van der Waals surface area (Å²) in [5.74, 6) is -0.0358. The van der Waals surface area contributed by atoms with E-state index in [9.17, 15) is 9.59 Å². The van der Waals surface area contributed by atoms with Gasteiger partial charge in [-0.2, -0.15) is 0 Å². The van der Waals surface area contributed by atoms with Gasteiger partial charge in [0.1, 0.15) is 5.54 Å². The Balaban J connectivity index is 1.25. The number of thiophene rings is 1. The van der Waals surface area contributed by atoms with E-state index < -0.39 is 5.54 Å². The molecular formula is C27H32N4O3S. The molecule has 2 fully saturated rings. The van der Waals surface area contributed by atoms with Gasteiger partial charge < -0.3 is 9.64 Å². The average molecular weight is 493 g/mol. The molecule has 5 rings (SSSR count). The molecule has 3 aromatic rings. The number of piperidine rings is 1. The van der Waals surface area contributed by atoms with Gasteiger partial charge in [-0.25, -0.2) is 4.79 Å². The van der Waals surface area contributed by atoms with Crippen LogP contribution in [0.3, 0.4) is 0 Å². The molecule has 0 radical (unpaired) electrons. The van der Waals surface area contributed by atoms with Gasteiger partial charge in [-0.3, -0.25) is 19.6 Å². The number of urea groups is 1. The van der Waals surface area contributed by atoms with Crippen LogP contribution in [0.25, 0.3) is 10.1 Å². The lowest BCUT2D eigenvalue weighted by Gasteiger charge is -2.42. The van der Waals surface area contributed by atoms with Crippen molar-refractivity contribution in [2.24, 2.45) is 0 Å². The van der Waals surface area contributed by atoms with Gasteiger partial charge in [0, 0.05) is 61.8 Å². The predicted molar refractivity (Wildman–Crippen MR) is 137 cm³/mol. The van der Waals surface area contributed by atoms with E-state index in [4.69, 9.17) is 4.74 Å². The van der Waals surface area contributed by atoms with Gasteiger partial charge in [-0.15, -0.1) is 11.3 Å². The molecule has 4 heterocycles. The molecule has 0 unspecified atom stereocenters. The molecule has 0 saturated carbocycles. The zero-order valence-corrected chi connectivity index (χ0v) is 21.0. The maximum absolute atomic E-state index is 13.7. The van der Waals surface area contributed by atoms with E-state index in [1.54, 1.807) is 18.2 Å². The fourth-order valence-electron chi connectivity index (χ4n) is 5.36. The first-order valence-corrected chi connectivity index (χ1v) is 13.1. The van der Waals surface area contributed by atoms with Crippen LogP contribution in [-0.2, 0) is 22.5 Å². The zero-order chi connectivity index (χ0) is 24.3. The summed E-state index contributed by atoms with van der Waals surface area (Å²) in [5.41, 5.74) is 0.368. The third kappa shape index (κ3) is 4.83. The monoisotopic (exact) mass is 492 g/mol. The first-order valence-electron chi connectivity index (χ1n) is 12.3. The number of ether oxygens (including phenoxy) is 1. The molecule has 0 N–H and O–H groups in total. The SMILES string of the molecule is COCCN1C(=O)N(CCCc2cccnc2)C(=O)C12CCN(Cc1cc3ccccc3s1)CC2. The molecule has 2 aromatic heterocycles. The van der Waals surface area contributed by atoms with Gasteiger partial charge in [0.15, 0.2) is 0 Å². The molecule has 184 valence electrons. The largest absolute Gasteiger partial charge is 0.383 e. The summed E-state index contributed by atoms with van der Waals surface area (Å²) in [6.45, 7) is 3.76. The van der Waals surface area contributed by atoms with E-state index in [1.807, 2.05) is 29.7 Å². The Morgan fingerprint density at radius 2 is 1.91 bits per heavy atom. The standard InChI is InChI=1S/C27H32N4O3S/c1-34-17-16-31-26(33)30(13-5-7-21-6-4-12-28-19-21)25(32)27(31)10-14-29(15-11-27)20-23-18-22-8-2-3-9-24(22)35-23/h2-4,6,8-9,12,18-19H,5,7,10-11,13-17,20H2,1H3. The number of hydrogen-bond donors (Lipinski definition) is 0. The number of aromatic nitrogens is 1. The first-order chi connectivity index (χ1) is 17.1. The third-order valence-corrected chi connectivity index (χ3v) is 8.35. The minimum absolute atomic E-state index is 0.0358. The summed E-state index contributed by atoms with van der Waals surface area (Å²) in [6, 6.07) is 14.5. The molecule has 0 atom stereocenters. The Morgan fingerprint density at radius 1 is 1.09 bits per heavy atom. The fraction of sp³-hybridized carbons (Fsp3) is 0.444. The number of nitrogens with zero attached hydrogens (tertiary/aromatic N) is 4. The molecule has 2 aliphatic rings. The summed E-state index contributed by atoms with van der Waals surface area (Å²) in [4.78, 5) is 38.2. The summed E-state index contributed by atoms with van der Waals surface area (Å²) in [7, 11) is 1.63. The highest BCUT2D eigenvalue weighted by Gasteiger charge is 2.57. The lowest BCUT2D eigenvalue weighted by atomic mass is 9.85. The van der Waals surface area contributed by atoms with Gasteiger partial charge in [0.05, 0.1) is 6.61 Å². The van der Waals surface area contributed by atoms with Crippen LogP contribution in [0.5, 0.6) is 0 Å². The quantitative estimate of drug-likeness (QED) is 0.420. The van der Waals surface area contributed by atoms with Crippen molar-refractivity contribution in [2.75, 3.05) is 39.9 Å². The van der Waals surface area contributed by atoms with Crippen molar-refractivity contribution in [1.82, 2.24) is 19.7 Å². The predicted octanol–water partition coefficient (Wildman–Crippen LogP) is 4.17. The van der Waals surface area contributed by atoms with E-state index in [2.05, 4.69) is 40.2 Å². The van der Waals surface area contributed by atoms with Crippen LogP contribution in [-0.4, -0.2) is 77.1 Å². The minimum Gasteiger partial charge on any atom is -0.383 e. The molecule has 8 heteroatoms. The summed E-state index contributed by atoms with van der Waals surface area (Å²) >= 11 is 1.83. The van der Waals surface area contributed by atoms with Crippen molar-refractivity contribution in [1.29, 1.82) is 0 Å². The molecule has 3 amide bonds. The van der Waals surface area contributed by atoms with Crippen molar-refractivity contribution < 1.29 is 14.3 Å². The number of methoxy groups -OCH3 is 1. The average Bonchev–Trinajstić information content (AvgIpc) is 3.37. The van der Waals surface area contributed by atoms with E-state index in [1.165, 1.54) is 19.9 Å². The highest BCUT2D eigenvalue weighted by molar-refractivity contribution is 7.19. The van der Waals surface area contributed by atoms with Gasteiger partial charge >= 0.3 is 6.03 Å². The van der Waals surface area contributed by atoms with E-state index >= 15 is 0 Å². The van der Waals surface area contributed by atoms with Crippen LogP contribution >= 0.6 is 11.3 Å². The number of pyridine rings is 1. The lowest BCUT2D eigenvalue weighted by molar-refractivity contribution is -0.136. The Bertz CT molecular complexity index is 1140. The highest BCUT2D eigenvalue weighted by Crippen LogP contribution is 2.38. The van der Waals surface area contributed by atoms with Gasteiger partial charge in [-0.1, -0.05) is 24.3 Å². The molecule has 1 spiro atoms. The van der Waals surface area contributed by atoms with Gasteiger partial charge in [0.2, 0.25) is 0 Å². The van der Waals surface area contributed by atoms with E-state index in [-0.39, 0.29) is 11.9 Å². The fourth-order valence-corrected chi connectivity index (χ4v) is 6.47. The number of rotatable bonds is 9. The lowest BCUT2D eigenvalue weighted by Crippen LogP contribution is -2.57. The highest BCUT2D eigenvalue weighted by atomic mass is 32.1. The third-order valence-electron chi connectivity index (χ3n) is 7.25. The number of amides is 3. The molecule has 0 aliphatic carbocycles. The van der Waals surface area contributed by atoms with Crippen molar-refractivity contribution >= 4 is 33.4 Å². The summed E-state index contributed by atoms with van der Waals surface area (Å²) in [5, 5.41) is 1.28. The number of likely N-dealkylation sites (tertiary alicyclic amines) is 1. The van der Waals surface area contributed by atoms with Crippen LogP contribution in [0.2, 0.25) is 0 Å². The number of benzene rings is 1. The molecule has 0 bridgehead atoms. The van der Waals surface area contributed by atoms with Crippen LogP contribution in [0.15, 0.2) is 54.9 Å². The van der Waals surface area contributed by atoms with E-state index in [0.717, 1.165) is 38.0 Å². The van der Waals surface area contributed by atoms with Crippen molar-refractivity contribution in [3.63, 3.8) is 0 Å². The maximum Gasteiger partial charge on any atom is 0.327 e. The Kier molecular flexibility index (Phi) is 7.13. The number of imide groups is 1. The van der Waals surface area contributed by atoms with Crippen LogP contribution in [0.1, 0.15) is 29.7 Å². The normalized spacial score (nSPS) is 18.3. The number of hydrogen-bond acceptors (Lipinski definition) is 6. The number of carbonyl (C=O) groups excluding carboxylic acids is 2. The number of fused-ring (bicyclic) bond motifs is 1. The molecular weight excluding hydrogens is 460 g/mol. The zero-order valence-electron chi connectivity index (χ0n) is 20.2. The smallest absolute Gasteiger partial charge is 0.327 e. The van der Waals surface area contributed by atoms with Crippen molar-refractivity contribution in [3.05, 3.63) is 65.3 Å². The molecule has 2 saturated heterocycles. The second kappa shape index (κ2) is 10.4. The molecule has 2 aliphatic heterocycles. The van der Waals surface area contributed by atoms with Crippen molar-refractivity contribution in [2.45, 2.75) is 37.8 Å². The summed E-state index contributed by atoms with van der Waals surface area (Å²) < 4.78 is 6.59. The number of aryl methyl sites for hydroxylation is 1. The molecule has 35 heavy (non-hydrogen) atoms. The molecule has 7 nitrogen and oxygen atoms in total. The second-order valence-corrected chi connectivity index (χ2v) is 10.6. The maximum atomic E-state index is 13.7. The topological polar surface area (TPSA) is 66.0 Å². The first kappa shape index (κ1) is 23.9. The Labute approximate surface area is 210 Å². The number of carbonyl (C=O) groups is 2. The van der Waals surface area contributed by atoms with Crippen LogP contribution in [0, 0.1) is 0 Å². The Morgan fingerprint density at radius 3 is 2.66 bits per heavy atom. The van der Waals surface area contributed by atoms with Crippen LogP contribution < -0.4 is 0 Å². The Hall–Kier alpha value is -2.81.